The Morgan fingerprint density at radius 3 is 2.67 bits per heavy atom. The number of guanidine groups is 1. The summed E-state index contributed by atoms with van der Waals surface area (Å²) >= 11 is 0. The lowest BCUT2D eigenvalue weighted by atomic mass is 10.0. The molecule has 2 rings (SSSR count). The van der Waals surface area contributed by atoms with Gasteiger partial charge in [0.05, 0.1) is 19.4 Å². The lowest BCUT2D eigenvalue weighted by Crippen LogP contribution is -2.40. The molecular weight excluding hydrogens is 306 g/mol. The minimum Gasteiger partial charge on any atom is -0.492 e. The molecule has 3 N–H and O–H groups in total. The number of rotatable bonds is 8. The molecule has 1 heterocycles. The van der Waals surface area contributed by atoms with Gasteiger partial charge >= 0.3 is 0 Å². The van der Waals surface area contributed by atoms with Crippen LogP contribution in [0, 0.1) is 0 Å². The number of aliphatic hydroxyl groups is 1. The number of para-hydroxylation sites is 1. The van der Waals surface area contributed by atoms with Crippen LogP contribution >= 0.6 is 0 Å². The molecule has 0 aliphatic rings. The molecule has 0 aliphatic carbocycles. The largest absolute Gasteiger partial charge is 0.492 e. The molecule has 130 valence electrons. The Morgan fingerprint density at radius 1 is 1.21 bits per heavy atom. The van der Waals surface area contributed by atoms with E-state index in [1.165, 1.54) is 6.26 Å². The van der Waals surface area contributed by atoms with Crippen LogP contribution < -0.4 is 15.4 Å². The molecule has 2 aromatic rings. The zero-order valence-electron chi connectivity index (χ0n) is 14.2. The Kier molecular flexibility index (Phi) is 6.69. The summed E-state index contributed by atoms with van der Waals surface area (Å²) in [6.45, 7) is 5.70. The van der Waals surface area contributed by atoms with Crippen LogP contribution in [0.25, 0.3) is 0 Å². The highest BCUT2D eigenvalue weighted by atomic mass is 16.5. The summed E-state index contributed by atoms with van der Waals surface area (Å²) in [6.07, 6.45) is 1.54. The number of hydrogen-bond acceptors (Lipinski definition) is 4. The van der Waals surface area contributed by atoms with E-state index in [0.717, 1.165) is 12.3 Å². The van der Waals surface area contributed by atoms with Crippen molar-refractivity contribution in [1.29, 1.82) is 0 Å². The molecule has 0 saturated heterocycles. The predicted octanol–water partition coefficient (Wildman–Crippen LogP) is 2.12. The van der Waals surface area contributed by atoms with Crippen molar-refractivity contribution in [2.24, 2.45) is 4.99 Å². The Balaban J connectivity index is 1.82. The highest BCUT2D eigenvalue weighted by Crippen LogP contribution is 2.20. The van der Waals surface area contributed by atoms with E-state index in [-0.39, 0.29) is 6.54 Å². The number of benzene rings is 1. The molecule has 0 bridgehead atoms. The monoisotopic (exact) mass is 331 g/mol. The highest BCUT2D eigenvalue weighted by molar-refractivity contribution is 5.79. The first-order valence-corrected chi connectivity index (χ1v) is 8.08. The molecule has 0 saturated carbocycles. The SMILES string of the molecule is CCNC(=NCC(C)(O)c1ccco1)NCCOc1ccccc1. The van der Waals surface area contributed by atoms with Crippen LogP contribution in [0.5, 0.6) is 5.75 Å². The van der Waals surface area contributed by atoms with E-state index in [9.17, 15) is 5.11 Å². The quantitative estimate of drug-likeness (QED) is 0.392. The number of furan rings is 1. The maximum atomic E-state index is 10.4. The number of nitrogens with zero attached hydrogens (tertiary/aromatic N) is 1. The normalized spacial score (nSPS) is 14.0. The molecule has 1 aromatic carbocycles. The van der Waals surface area contributed by atoms with Crippen molar-refractivity contribution in [3.63, 3.8) is 0 Å². The Bertz CT molecular complexity index is 610. The van der Waals surface area contributed by atoms with Gasteiger partial charge in [0.15, 0.2) is 5.96 Å². The zero-order chi connectivity index (χ0) is 17.3. The van der Waals surface area contributed by atoms with Gasteiger partial charge in [-0.3, -0.25) is 0 Å². The summed E-state index contributed by atoms with van der Waals surface area (Å²) < 4.78 is 10.9. The van der Waals surface area contributed by atoms with Crippen LogP contribution in [0.2, 0.25) is 0 Å². The third kappa shape index (κ3) is 5.62. The maximum absolute atomic E-state index is 10.4. The highest BCUT2D eigenvalue weighted by Gasteiger charge is 2.25. The van der Waals surface area contributed by atoms with Gasteiger partial charge in [0.1, 0.15) is 23.7 Å². The average Bonchev–Trinajstić information content (AvgIpc) is 3.13. The van der Waals surface area contributed by atoms with Crippen LogP contribution in [-0.4, -0.2) is 37.3 Å². The van der Waals surface area contributed by atoms with Gasteiger partial charge in [-0.05, 0) is 38.1 Å². The summed E-state index contributed by atoms with van der Waals surface area (Å²) in [4.78, 5) is 4.41. The van der Waals surface area contributed by atoms with E-state index in [2.05, 4.69) is 15.6 Å². The Morgan fingerprint density at radius 2 is 2.00 bits per heavy atom. The van der Waals surface area contributed by atoms with Gasteiger partial charge in [-0.15, -0.1) is 0 Å². The van der Waals surface area contributed by atoms with E-state index in [1.54, 1.807) is 19.1 Å². The molecule has 6 heteroatoms. The van der Waals surface area contributed by atoms with Gasteiger partial charge in [0.25, 0.3) is 0 Å². The second-order valence-electron chi connectivity index (χ2n) is 5.53. The second-order valence-corrected chi connectivity index (χ2v) is 5.53. The fraction of sp³-hybridized carbons (Fsp3) is 0.389. The molecular formula is C18H25N3O3. The molecule has 1 unspecified atom stereocenters. The van der Waals surface area contributed by atoms with Gasteiger partial charge in [-0.25, -0.2) is 4.99 Å². The lowest BCUT2D eigenvalue weighted by Gasteiger charge is -2.19. The third-order valence-corrected chi connectivity index (χ3v) is 3.35. The molecule has 6 nitrogen and oxygen atoms in total. The summed E-state index contributed by atoms with van der Waals surface area (Å²) in [5.74, 6) is 1.96. The molecule has 1 aromatic heterocycles. The predicted molar refractivity (Wildman–Crippen MR) is 94.2 cm³/mol. The second kappa shape index (κ2) is 8.98. The number of nitrogens with one attached hydrogen (secondary N) is 2. The van der Waals surface area contributed by atoms with Crippen molar-refractivity contribution in [3.8, 4) is 5.75 Å². The van der Waals surface area contributed by atoms with Gasteiger partial charge in [-0.2, -0.15) is 0 Å². The van der Waals surface area contributed by atoms with Crippen LogP contribution in [0.15, 0.2) is 58.1 Å². The van der Waals surface area contributed by atoms with Crippen molar-refractivity contribution in [3.05, 3.63) is 54.5 Å². The zero-order valence-corrected chi connectivity index (χ0v) is 14.2. The third-order valence-electron chi connectivity index (χ3n) is 3.35. The van der Waals surface area contributed by atoms with Crippen molar-refractivity contribution in [2.75, 3.05) is 26.2 Å². The molecule has 0 aliphatic heterocycles. The minimum atomic E-state index is -1.15. The number of ether oxygens (including phenoxy) is 1. The summed E-state index contributed by atoms with van der Waals surface area (Å²) in [6, 6.07) is 13.1. The van der Waals surface area contributed by atoms with Gasteiger partial charge in [0, 0.05) is 6.54 Å². The fourth-order valence-electron chi connectivity index (χ4n) is 2.09. The smallest absolute Gasteiger partial charge is 0.191 e. The van der Waals surface area contributed by atoms with E-state index >= 15 is 0 Å². The first-order chi connectivity index (χ1) is 11.6. The molecule has 24 heavy (non-hydrogen) atoms. The van der Waals surface area contributed by atoms with Crippen LogP contribution in [0.3, 0.4) is 0 Å². The van der Waals surface area contributed by atoms with Crippen LogP contribution in [-0.2, 0) is 5.60 Å². The summed E-state index contributed by atoms with van der Waals surface area (Å²) in [5.41, 5.74) is -1.15. The van der Waals surface area contributed by atoms with Crippen LogP contribution in [0.4, 0.5) is 0 Å². The maximum Gasteiger partial charge on any atom is 0.191 e. The van der Waals surface area contributed by atoms with Crippen molar-refractivity contribution < 1.29 is 14.3 Å². The molecule has 0 amide bonds. The molecule has 0 fully saturated rings. The first-order valence-electron chi connectivity index (χ1n) is 8.08. The standard InChI is InChI=1S/C18H25N3O3/c1-3-19-17(20-11-13-23-15-8-5-4-6-9-15)21-14-18(2,22)16-10-7-12-24-16/h4-10,12,22H,3,11,13-14H2,1-2H3,(H2,19,20,21). The fourth-order valence-corrected chi connectivity index (χ4v) is 2.09. The van der Waals surface area contributed by atoms with E-state index in [0.29, 0.717) is 24.9 Å². The first kappa shape index (κ1) is 17.9. The van der Waals surface area contributed by atoms with E-state index in [1.807, 2.05) is 37.3 Å². The molecule has 0 spiro atoms. The van der Waals surface area contributed by atoms with E-state index < -0.39 is 5.60 Å². The Hall–Kier alpha value is -2.47. The molecule has 0 radical (unpaired) electrons. The summed E-state index contributed by atoms with van der Waals surface area (Å²) in [7, 11) is 0. The van der Waals surface area contributed by atoms with Crippen molar-refractivity contribution in [2.45, 2.75) is 19.4 Å². The van der Waals surface area contributed by atoms with Crippen molar-refractivity contribution >= 4 is 5.96 Å². The Labute approximate surface area is 142 Å². The van der Waals surface area contributed by atoms with Gasteiger partial charge in [-0.1, -0.05) is 18.2 Å². The lowest BCUT2D eigenvalue weighted by molar-refractivity contribution is 0.0437. The average molecular weight is 331 g/mol. The van der Waals surface area contributed by atoms with E-state index in [4.69, 9.17) is 9.15 Å². The topological polar surface area (TPSA) is 79.0 Å². The summed E-state index contributed by atoms with van der Waals surface area (Å²) in [5, 5.41) is 16.8. The van der Waals surface area contributed by atoms with Gasteiger partial charge in [0.2, 0.25) is 0 Å². The van der Waals surface area contributed by atoms with Crippen molar-refractivity contribution in [1.82, 2.24) is 10.6 Å². The minimum absolute atomic E-state index is 0.190. The number of hydrogen-bond donors (Lipinski definition) is 3. The number of aliphatic imine (C=N–C) groups is 1. The van der Waals surface area contributed by atoms with Crippen LogP contribution in [0.1, 0.15) is 19.6 Å². The van der Waals surface area contributed by atoms with Gasteiger partial charge < -0.3 is 24.9 Å². The molecule has 1 atom stereocenters.